The molecule has 1 aliphatic rings. The summed E-state index contributed by atoms with van der Waals surface area (Å²) in [5.74, 6) is 0.305. The number of anilines is 1. The van der Waals surface area contributed by atoms with Crippen molar-refractivity contribution >= 4 is 24.0 Å². The van der Waals surface area contributed by atoms with Gasteiger partial charge in [0.25, 0.3) is 0 Å². The number of carbonyl (C=O) groups excluding carboxylic acids is 1. The summed E-state index contributed by atoms with van der Waals surface area (Å²) in [6, 6.07) is 20.2. The van der Waals surface area contributed by atoms with Gasteiger partial charge in [0.15, 0.2) is 0 Å². The maximum Gasteiger partial charge on any atom is 0.231 e. The molecule has 3 rings (SSSR count). The molecule has 0 radical (unpaired) electrons. The van der Waals surface area contributed by atoms with Gasteiger partial charge in [-0.25, -0.2) is 0 Å². The molecule has 23 heavy (non-hydrogen) atoms. The molecule has 1 amide bonds. The van der Waals surface area contributed by atoms with Crippen LogP contribution in [0.25, 0.3) is 0 Å². The number of para-hydroxylation sites is 1. The van der Waals surface area contributed by atoms with Gasteiger partial charge in [-0.1, -0.05) is 48.5 Å². The predicted molar refractivity (Wildman–Crippen MR) is 96.9 cm³/mol. The highest BCUT2D eigenvalue weighted by molar-refractivity contribution is 5.95. The standard InChI is InChI=1S/C19H22N2O.ClH/c22-19(17-10-7-13-20-14-17)21(18-11-5-2-6-12-18)15-16-8-3-1-4-9-16;/h1-6,8-9,11-12,17,20H,7,10,13-15H2;1H/t17-;/m1./s1. The number of piperidine rings is 1. The van der Waals surface area contributed by atoms with E-state index in [2.05, 4.69) is 17.4 Å². The molecule has 122 valence electrons. The van der Waals surface area contributed by atoms with E-state index in [1.807, 2.05) is 53.4 Å². The van der Waals surface area contributed by atoms with Gasteiger partial charge in [0, 0.05) is 12.2 Å². The van der Waals surface area contributed by atoms with E-state index in [0.29, 0.717) is 6.54 Å². The van der Waals surface area contributed by atoms with Gasteiger partial charge >= 0.3 is 0 Å². The van der Waals surface area contributed by atoms with E-state index in [4.69, 9.17) is 0 Å². The summed E-state index contributed by atoms with van der Waals surface area (Å²) in [5, 5.41) is 3.34. The van der Waals surface area contributed by atoms with Crippen molar-refractivity contribution in [2.75, 3.05) is 18.0 Å². The molecular weight excluding hydrogens is 308 g/mol. The highest BCUT2D eigenvalue weighted by atomic mass is 35.5. The van der Waals surface area contributed by atoms with Crippen molar-refractivity contribution in [3.8, 4) is 0 Å². The first kappa shape index (κ1) is 17.5. The Kier molecular flexibility index (Phi) is 6.63. The molecule has 0 spiro atoms. The van der Waals surface area contributed by atoms with Crippen molar-refractivity contribution in [1.82, 2.24) is 5.32 Å². The Morgan fingerprint density at radius 3 is 2.30 bits per heavy atom. The molecule has 4 heteroatoms. The zero-order valence-electron chi connectivity index (χ0n) is 13.2. The van der Waals surface area contributed by atoms with Crippen molar-refractivity contribution in [3.63, 3.8) is 0 Å². The van der Waals surface area contributed by atoms with Crippen LogP contribution in [0.4, 0.5) is 5.69 Å². The number of carbonyl (C=O) groups is 1. The van der Waals surface area contributed by atoms with Crippen molar-refractivity contribution < 1.29 is 4.79 Å². The van der Waals surface area contributed by atoms with Gasteiger partial charge in [0.05, 0.1) is 12.5 Å². The Morgan fingerprint density at radius 1 is 1.04 bits per heavy atom. The molecule has 1 saturated heterocycles. The summed E-state index contributed by atoms with van der Waals surface area (Å²) >= 11 is 0. The van der Waals surface area contributed by atoms with Crippen LogP contribution in [0.1, 0.15) is 18.4 Å². The van der Waals surface area contributed by atoms with E-state index in [1.54, 1.807) is 0 Å². The zero-order chi connectivity index (χ0) is 15.2. The molecule has 3 nitrogen and oxygen atoms in total. The van der Waals surface area contributed by atoms with E-state index in [1.165, 1.54) is 0 Å². The molecule has 1 aliphatic heterocycles. The van der Waals surface area contributed by atoms with Crippen LogP contribution in [0, 0.1) is 5.92 Å². The first-order valence-corrected chi connectivity index (χ1v) is 7.95. The minimum Gasteiger partial charge on any atom is -0.316 e. The van der Waals surface area contributed by atoms with Crippen LogP contribution in [0.15, 0.2) is 60.7 Å². The van der Waals surface area contributed by atoms with Crippen molar-refractivity contribution in [2.45, 2.75) is 19.4 Å². The van der Waals surface area contributed by atoms with E-state index in [0.717, 1.165) is 37.2 Å². The first-order valence-electron chi connectivity index (χ1n) is 7.95. The van der Waals surface area contributed by atoms with Gasteiger partial charge in [0.2, 0.25) is 5.91 Å². The van der Waals surface area contributed by atoms with Crippen molar-refractivity contribution in [3.05, 3.63) is 66.2 Å². The van der Waals surface area contributed by atoms with Crippen LogP contribution in [0.5, 0.6) is 0 Å². The summed E-state index contributed by atoms with van der Waals surface area (Å²) in [7, 11) is 0. The Balaban J connectivity index is 0.00000192. The van der Waals surface area contributed by atoms with E-state index in [-0.39, 0.29) is 24.2 Å². The van der Waals surface area contributed by atoms with Crippen LogP contribution >= 0.6 is 12.4 Å². The fraction of sp³-hybridized carbons (Fsp3) is 0.316. The fourth-order valence-corrected chi connectivity index (χ4v) is 2.95. The minimum atomic E-state index is 0. The molecule has 0 aliphatic carbocycles. The van der Waals surface area contributed by atoms with Gasteiger partial charge in [-0.3, -0.25) is 4.79 Å². The monoisotopic (exact) mass is 330 g/mol. The lowest BCUT2D eigenvalue weighted by Crippen LogP contribution is -2.42. The lowest BCUT2D eigenvalue weighted by atomic mass is 9.97. The Morgan fingerprint density at radius 2 is 1.70 bits per heavy atom. The summed E-state index contributed by atoms with van der Waals surface area (Å²) in [6.07, 6.45) is 2.05. The summed E-state index contributed by atoms with van der Waals surface area (Å²) < 4.78 is 0. The molecule has 0 saturated carbocycles. The SMILES string of the molecule is Cl.O=C([C@@H]1CCCNC1)N(Cc1ccccc1)c1ccccc1. The Labute approximate surface area is 144 Å². The topological polar surface area (TPSA) is 32.3 Å². The van der Waals surface area contributed by atoms with E-state index < -0.39 is 0 Å². The molecule has 0 aromatic heterocycles. The van der Waals surface area contributed by atoms with Gasteiger partial charge < -0.3 is 10.2 Å². The van der Waals surface area contributed by atoms with Gasteiger partial charge in [-0.2, -0.15) is 0 Å². The number of hydrogen-bond acceptors (Lipinski definition) is 2. The third-order valence-electron chi connectivity index (χ3n) is 4.16. The number of halogens is 1. The lowest BCUT2D eigenvalue weighted by molar-refractivity contribution is -0.123. The molecular formula is C19H23ClN2O. The third-order valence-corrected chi connectivity index (χ3v) is 4.16. The van der Waals surface area contributed by atoms with Gasteiger partial charge in [-0.15, -0.1) is 12.4 Å². The molecule has 0 bridgehead atoms. The van der Waals surface area contributed by atoms with Crippen LogP contribution < -0.4 is 10.2 Å². The van der Waals surface area contributed by atoms with Gasteiger partial charge in [0.1, 0.15) is 0 Å². The molecule has 2 aromatic rings. The number of nitrogens with one attached hydrogen (secondary N) is 1. The molecule has 1 atom stereocenters. The largest absolute Gasteiger partial charge is 0.316 e. The third kappa shape index (κ3) is 4.57. The second-order valence-electron chi connectivity index (χ2n) is 5.79. The maximum atomic E-state index is 13.0. The average molecular weight is 331 g/mol. The van der Waals surface area contributed by atoms with Gasteiger partial charge in [-0.05, 0) is 37.1 Å². The molecule has 0 unspecified atom stereocenters. The highest BCUT2D eigenvalue weighted by Crippen LogP contribution is 2.22. The maximum absolute atomic E-state index is 13.0. The second kappa shape index (κ2) is 8.70. The van der Waals surface area contributed by atoms with Crippen LogP contribution in [-0.2, 0) is 11.3 Å². The predicted octanol–water partition coefficient (Wildman–Crippen LogP) is 3.64. The van der Waals surface area contributed by atoms with Crippen LogP contribution in [0.2, 0.25) is 0 Å². The van der Waals surface area contributed by atoms with Crippen LogP contribution in [-0.4, -0.2) is 19.0 Å². The lowest BCUT2D eigenvalue weighted by Gasteiger charge is -2.30. The van der Waals surface area contributed by atoms with E-state index >= 15 is 0 Å². The minimum absolute atomic E-state index is 0. The molecule has 2 aromatic carbocycles. The normalized spacial score (nSPS) is 17.1. The Bertz CT molecular complexity index is 597. The Hall–Kier alpha value is -1.84. The number of rotatable bonds is 4. The average Bonchev–Trinajstić information content (AvgIpc) is 2.61. The summed E-state index contributed by atoms with van der Waals surface area (Å²) in [5.41, 5.74) is 2.13. The molecule has 1 N–H and O–H groups in total. The number of benzene rings is 2. The molecule has 1 heterocycles. The summed E-state index contributed by atoms with van der Waals surface area (Å²) in [6.45, 7) is 2.44. The summed E-state index contributed by atoms with van der Waals surface area (Å²) in [4.78, 5) is 14.9. The van der Waals surface area contributed by atoms with Crippen molar-refractivity contribution in [1.29, 1.82) is 0 Å². The number of hydrogen-bond donors (Lipinski definition) is 1. The fourth-order valence-electron chi connectivity index (χ4n) is 2.95. The first-order chi connectivity index (χ1) is 10.8. The van der Waals surface area contributed by atoms with Crippen LogP contribution in [0.3, 0.4) is 0 Å². The van der Waals surface area contributed by atoms with Crippen molar-refractivity contribution in [2.24, 2.45) is 5.92 Å². The molecule has 1 fully saturated rings. The quantitative estimate of drug-likeness (QED) is 0.928. The number of nitrogens with zero attached hydrogens (tertiary/aromatic N) is 1. The number of amides is 1. The zero-order valence-corrected chi connectivity index (χ0v) is 14.0. The van der Waals surface area contributed by atoms with E-state index in [9.17, 15) is 4.79 Å². The smallest absolute Gasteiger partial charge is 0.231 e. The highest BCUT2D eigenvalue weighted by Gasteiger charge is 2.26. The second-order valence-corrected chi connectivity index (χ2v) is 5.79.